The Morgan fingerprint density at radius 1 is 1.08 bits per heavy atom. The highest BCUT2D eigenvalue weighted by molar-refractivity contribution is 7.80. The molecule has 0 radical (unpaired) electrons. The van der Waals surface area contributed by atoms with Gasteiger partial charge in [0.25, 0.3) is 0 Å². The fourth-order valence-electron chi connectivity index (χ4n) is 2.20. The lowest BCUT2D eigenvalue weighted by Gasteiger charge is -2.17. The number of rotatable bonds is 8. The molecule has 140 valence electrons. The van der Waals surface area contributed by atoms with E-state index in [4.69, 9.17) is 31.2 Å². The molecule has 0 aromatic heterocycles. The van der Waals surface area contributed by atoms with Crippen molar-refractivity contribution in [2.75, 3.05) is 35.0 Å². The van der Waals surface area contributed by atoms with Crippen LogP contribution in [-0.2, 0) is 16.0 Å². The largest absolute Gasteiger partial charge is 0.493 e. The first-order valence-corrected chi connectivity index (χ1v) is 7.99. The Kier molecular flexibility index (Phi) is 8.79. The van der Waals surface area contributed by atoms with E-state index in [0.717, 1.165) is 0 Å². The molecular weight excluding hydrogens is 346 g/mol. The number of thiocarbonyl (C=S) groups is 1. The number of methoxy groups -OCH3 is 4. The van der Waals surface area contributed by atoms with E-state index in [9.17, 15) is 4.79 Å². The van der Waals surface area contributed by atoms with E-state index in [1.54, 1.807) is 19.2 Å². The first kappa shape index (κ1) is 20.8. The highest BCUT2D eigenvalue weighted by Gasteiger charge is 2.18. The Morgan fingerprint density at radius 3 is 2.32 bits per heavy atom. The second-order valence-corrected chi connectivity index (χ2v) is 5.58. The summed E-state index contributed by atoms with van der Waals surface area (Å²) in [7, 11) is 6.16. The van der Waals surface area contributed by atoms with E-state index >= 15 is 0 Å². The molecule has 0 fully saturated rings. The third-order valence-electron chi connectivity index (χ3n) is 3.25. The molecule has 0 saturated heterocycles. The topological polar surface area (TPSA) is 90.1 Å². The summed E-state index contributed by atoms with van der Waals surface area (Å²) in [5.41, 5.74) is 5.84. The fraction of sp³-hybridized carbons (Fsp3) is 0.500. The summed E-state index contributed by atoms with van der Waals surface area (Å²) < 4.78 is 20.9. The van der Waals surface area contributed by atoms with Crippen LogP contribution in [0.5, 0.6) is 17.2 Å². The van der Waals surface area contributed by atoms with Gasteiger partial charge in [-0.05, 0) is 25.2 Å². The molecule has 9 heteroatoms. The molecule has 0 aliphatic rings. The number of hydrogen-bond acceptors (Lipinski definition) is 6. The smallest absolute Gasteiger partial charge is 0.242 e. The van der Waals surface area contributed by atoms with Crippen molar-refractivity contribution in [1.29, 1.82) is 0 Å². The predicted molar refractivity (Wildman–Crippen MR) is 98.2 cm³/mol. The number of carbonyl (C=O) groups excluding carboxylic acids is 1. The molecule has 1 amide bonds. The third kappa shape index (κ3) is 6.28. The SMILES string of the molecule is COC[C@@H](C)NC(=S)NNC(=O)Cc1ccc(OC)c(OC)c1OC. The molecule has 3 N–H and O–H groups in total. The van der Waals surface area contributed by atoms with Crippen LogP contribution in [0.25, 0.3) is 0 Å². The maximum Gasteiger partial charge on any atom is 0.242 e. The van der Waals surface area contributed by atoms with Crippen LogP contribution in [0, 0.1) is 0 Å². The average Bonchev–Trinajstić information content (AvgIpc) is 2.59. The zero-order valence-electron chi connectivity index (χ0n) is 15.1. The van der Waals surface area contributed by atoms with E-state index in [1.807, 2.05) is 6.92 Å². The number of carbonyl (C=O) groups is 1. The van der Waals surface area contributed by atoms with Crippen LogP contribution in [0.15, 0.2) is 12.1 Å². The van der Waals surface area contributed by atoms with Gasteiger partial charge in [-0.15, -0.1) is 0 Å². The maximum atomic E-state index is 12.1. The average molecular weight is 371 g/mol. The molecule has 0 bridgehead atoms. The Morgan fingerprint density at radius 2 is 1.76 bits per heavy atom. The van der Waals surface area contributed by atoms with Crippen LogP contribution in [0.3, 0.4) is 0 Å². The minimum atomic E-state index is -0.283. The van der Waals surface area contributed by atoms with Crippen molar-refractivity contribution >= 4 is 23.2 Å². The normalized spacial score (nSPS) is 11.2. The monoisotopic (exact) mass is 371 g/mol. The first-order valence-electron chi connectivity index (χ1n) is 7.58. The number of hydrazine groups is 1. The van der Waals surface area contributed by atoms with Gasteiger partial charge < -0.3 is 24.3 Å². The molecule has 25 heavy (non-hydrogen) atoms. The quantitative estimate of drug-likeness (QED) is 0.456. The molecule has 0 unspecified atom stereocenters. The van der Waals surface area contributed by atoms with Crippen molar-refractivity contribution in [3.05, 3.63) is 17.7 Å². The number of benzene rings is 1. The molecule has 1 rings (SSSR count). The molecule has 0 spiro atoms. The lowest BCUT2D eigenvalue weighted by molar-refractivity contribution is -0.121. The maximum absolute atomic E-state index is 12.1. The Bertz CT molecular complexity index is 597. The van der Waals surface area contributed by atoms with Crippen molar-refractivity contribution in [1.82, 2.24) is 16.2 Å². The highest BCUT2D eigenvalue weighted by atomic mass is 32.1. The summed E-state index contributed by atoms with van der Waals surface area (Å²) in [6.07, 6.45) is 0.0762. The van der Waals surface area contributed by atoms with Gasteiger partial charge in [-0.1, -0.05) is 6.07 Å². The summed E-state index contributed by atoms with van der Waals surface area (Å²) in [6.45, 7) is 2.41. The summed E-state index contributed by atoms with van der Waals surface area (Å²) in [5, 5.41) is 3.28. The van der Waals surface area contributed by atoms with Crippen molar-refractivity contribution < 1.29 is 23.7 Å². The Labute approximate surface area is 153 Å². The van der Waals surface area contributed by atoms with E-state index in [2.05, 4.69) is 16.2 Å². The molecule has 0 saturated carbocycles. The molecule has 0 aliphatic carbocycles. The lowest BCUT2D eigenvalue weighted by atomic mass is 10.1. The highest BCUT2D eigenvalue weighted by Crippen LogP contribution is 2.39. The van der Waals surface area contributed by atoms with Gasteiger partial charge in [0.05, 0.1) is 34.4 Å². The van der Waals surface area contributed by atoms with E-state index < -0.39 is 0 Å². The minimum Gasteiger partial charge on any atom is -0.493 e. The number of amides is 1. The van der Waals surface area contributed by atoms with Crippen LogP contribution in [0.1, 0.15) is 12.5 Å². The third-order valence-corrected chi connectivity index (χ3v) is 3.47. The van der Waals surface area contributed by atoms with Gasteiger partial charge in [-0.2, -0.15) is 0 Å². The number of nitrogens with one attached hydrogen (secondary N) is 3. The van der Waals surface area contributed by atoms with E-state index in [1.165, 1.54) is 21.3 Å². The van der Waals surface area contributed by atoms with Crippen LogP contribution < -0.4 is 30.4 Å². The summed E-state index contributed by atoms with van der Waals surface area (Å²) >= 11 is 5.09. The van der Waals surface area contributed by atoms with Crippen molar-refractivity contribution in [3.8, 4) is 17.2 Å². The van der Waals surface area contributed by atoms with Crippen molar-refractivity contribution in [2.24, 2.45) is 0 Å². The van der Waals surface area contributed by atoms with Gasteiger partial charge in [0.15, 0.2) is 16.6 Å². The summed E-state index contributed by atoms with van der Waals surface area (Å²) in [4.78, 5) is 12.1. The Balaban J connectivity index is 2.67. The van der Waals surface area contributed by atoms with Gasteiger partial charge in [0.2, 0.25) is 11.7 Å². The molecule has 1 atom stereocenters. The van der Waals surface area contributed by atoms with Crippen LogP contribution in [0.2, 0.25) is 0 Å². The van der Waals surface area contributed by atoms with Crippen molar-refractivity contribution in [2.45, 2.75) is 19.4 Å². The molecule has 8 nitrogen and oxygen atoms in total. The van der Waals surface area contributed by atoms with Gasteiger partial charge >= 0.3 is 0 Å². The molecule has 0 heterocycles. The molecule has 1 aromatic rings. The van der Waals surface area contributed by atoms with Crippen LogP contribution in [0.4, 0.5) is 0 Å². The number of ether oxygens (including phenoxy) is 4. The summed E-state index contributed by atoms with van der Waals surface area (Å²) in [6, 6.07) is 3.49. The Hall–Kier alpha value is -2.26. The van der Waals surface area contributed by atoms with Crippen LogP contribution in [-0.4, -0.2) is 52.1 Å². The lowest BCUT2D eigenvalue weighted by Crippen LogP contribution is -2.50. The van der Waals surface area contributed by atoms with Gasteiger partial charge in [-0.3, -0.25) is 15.6 Å². The minimum absolute atomic E-state index is 0.0212. The van der Waals surface area contributed by atoms with Gasteiger partial charge in [0, 0.05) is 18.7 Å². The summed E-state index contributed by atoms with van der Waals surface area (Å²) in [5.74, 6) is 1.13. The molecular formula is C16H25N3O5S. The predicted octanol–water partition coefficient (Wildman–Crippen LogP) is 0.785. The first-order chi connectivity index (χ1) is 12.0. The second kappa shape index (κ2) is 10.6. The molecule has 0 aliphatic heterocycles. The van der Waals surface area contributed by atoms with Crippen molar-refractivity contribution in [3.63, 3.8) is 0 Å². The van der Waals surface area contributed by atoms with E-state index in [-0.39, 0.29) is 18.4 Å². The van der Waals surface area contributed by atoms with Crippen LogP contribution >= 0.6 is 12.2 Å². The van der Waals surface area contributed by atoms with E-state index in [0.29, 0.717) is 34.5 Å². The standard InChI is InChI=1S/C16H25N3O5S/c1-10(9-21-2)17-16(25)19-18-13(20)8-11-6-7-12(22-3)15(24-5)14(11)23-4/h6-7,10H,8-9H2,1-5H3,(H,18,20)(H2,17,19,25)/t10-/m1/s1. The van der Waals surface area contributed by atoms with Gasteiger partial charge in [0.1, 0.15) is 0 Å². The second-order valence-electron chi connectivity index (χ2n) is 5.17. The fourth-order valence-corrected chi connectivity index (χ4v) is 2.45. The molecule has 1 aromatic carbocycles. The van der Waals surface area contributed by atoms with Gasteiger partial charge in [-0.25, -0.2) is 0 Å². The zero-order valence-corrected chi connectivity index (χ0v) is 15.9. The zero-order chi connectivity index (χ0) is 18.8. The number of hydrogen-bond donors (Lipinski definition) is 3.